The number of amides is 1. The second kappa shape index (κ2) is 5.85. The van der Waals surface area contributed by atoms with Gasteiger partial charge in [-0.15, -0.1) is 0 Å². The summed E-state index contributed by atoms with van der Waals surface area (Å²) in [5.74, 6) is 0.225. The van der Waals surface area contributed by atoms with Gasteiger partial charge < -0.3 is 10.1 Å². The molecule has 4 nitrogen and oxygen atoms in total. The fourth-order valence-corrected chi connectivity index (χ4v) is 1.86. The first-order valence-corrected chi connectivity index (χ1v) is 5.46. The summed E-state index contributed by atoms with van der Waals surface area (Å²) in [6, 6.07) is 0.140. The van der Waals surface area contributed by atoms with E-state index in [4.69, 9.17) is 4.74 Å². The lowest BCUT2D eigenvalue weighted by Gasteiger charge is -2.28. The minimum atomic E-state index is -0.165. The van der Waals surface area contributed by atoms with E-state index in [0.29, 0.717) is 5.92 Å². The van der Waals surface area contributed by atoms with E-state index < -0.39 is 0 Å². The Morgan fingerprint density at radius 1 is 1.40 bits per heavy atom. The Morgan fingerprint density at radius 2 is 2.00 bits per heavy atom. The van der Waals surface area contributed by atoms with Crippen LogP contribution in [0.2, 0.25) is 0 Å². The van der Waals surface area contributed by atoms with Gasteiger partial charge in [-0.3, -0.25) is 9.59 Å². The fraction of sp³-hybridized carbons (Fsp3) is 0.818. The zero-order valence-electron chi connectivity index (χ0n) is 9.41. The second-order valence-corrected chi connectivity index (χ2v) is 4.18. The summed E-state index contributed by atoms with van der Waals surface area (Å²) in [6.07, 6.45) is 1.97. The quantitative estimate of drug-likeness (QED) is 0.706. The Balaban J connectivity index is 2.30. The molecule has 1 fully saturated rings. The molecule has 1 saturated heterocycles. The van der Waals surface area contributed by atoms with E-state index in [2.05, 4.69) is 5.32 Å². The summed E-state index contributed by atoms with van der Waals surface area (Å²) in [7, 11) is 0. The Labute approximate surface area is 90.4 Å². The zero-order valence-corrected chi connectivity index (χ0v) is 9.41. The number of hydrogen-bond acceptors (Lipinski definition) is 3. The monoisotopic (exact) mass is 213 g/mol. The fourth-order valence-electron chi connectivity index (χ4n) is 1.86. The molecule has 0 aromatic rings. The minimum Gasteiger partial charge on any atom is -0.381 e. The van der Waals surface area contributed by atoms with Crippen molar-refractivity contribution in [1.29, 1.82) is 0 Å². The van der Waals surface area contributed by atoms with Crippen molar-refractivity contribution in [2.75, 3.05) is 13.2 Å². The molecule has 1 N–H and O–H groups in total. The van der Waals surface area contributed by atoms with E-state index in [1.165, 1.54) is 6.92 Å². The molecular weight excluding hydrogens is 194 g/mol. The summed E-state index contributed by atoms with van der Waals surface area (Å²) < 4.78 is 5.25. The maximum absolute atomic E-state index is 11.3. The van der Waals surface area contributed by atoms with Crippen LogP contribution < -0.4 is 5.32 Å². The van der Waals surface area contributed by atoms with Crippen molar-refractivity contribution in [2.45, 2.75) is 39.2 Å². The van der Waals surface area contributed by atoms with Gasteiger partial charge in [0, 0.05) is 19.3 Å². The molecule has 1 aliphatic rings. The lowest BCUT2D eigenvalue weighted by molar-refractivity contribution is -0.127. The Morgan fingerprint density at radius 3 is 2.53 bits per heavy atom. The van der Waals surface area contributed by atoms with E-state index in [1.807, 2.05) is 6.92 Å². The molecule has 1 amide bonds. The number of ether oxygens (including phenoxy) is 1. The molecule has 1 atom stereocenters. The number of carbonyl (C=O) groups is 2. The predicted molar refractivity (Wildman–Crippen MR) is 56.4 cm³/mol. The van der Waals surface area contributed by atoms with Gasteiger partial charge in [-0.05, 0) is 32.6 Å². The van der Waals surface area contributed by atoms with E-state index >= 15 is 0 Å². The van der Waals surface area contributed by atoms with Crippen LogP contribution >= 0.6 is 0 Å². The number of Topliss-reactive ketones (excluding diaryl/α,β-unsaturated/α-hetero) is 1. The molecule has 0 radical (unpaired) electrons. The third-order valence-corrected chi connectivity index (χ3v) is 2.77. The molecule has 15 heavy (non-hydrogen) atoms. The Bertz CT molecular complexity index is 234. The Kier molecular flexibility index (Phi) is 4.75. The highest BCUT2D eigenvalue weighted by atomic mass is 16.5. The summed E-state index contributed by atoms with van der Waals surface area (Å²) >= 11 is 0. The largest absolute Gasteiger partial charge is 0.381 e. The van der Waals surface area contributed by atoms with Crippen LogP contribution in [0.4, 0.5) is 0 Å². The molecule has 0 aromatic heterocycles. The van der Waals surface area contributed by atoms with Gasteiger partial charge in [0.15, 0.2) is 0 Å². The smallest absolute Gasteiger partial charge is 0.227 e. The van der Waals surface area contributed by atoms with Gasteiger partial charge in [0.2, 0.25) is 5.91 Å². The molecule has 1 unspecified atom stereocenters. The van der Waals surface area contributed by atoms with Crippen molar-refractivity contribution in [3.05, 3.63) is 0 Å². The van der Waals surface area contributed by atoms with Gasteiger partial charge in [0.05, 0.1) is 6.42 Å². The number of rotatable bonds is 4. The van der Waals surface area contributed by atoms with Crippen LogP contribution in [0.1, 0.15) is 33.1 Å². The maximum atomic E-state index is 11.3. The second-order valence-electron chi connectivity index (χ2n) is 4.18. The van der Waals surface area contributed by atoms with Crippen molar-refractivity contribution < 1.29 is 14.3 Å². The molecule has 0 aromatic carbocycles. The topological polar surface area (TPSA) is 55.4 Å². The molecule has 0 bridgehead atoms. The van der Waals surface area contributed by atoms with E-state index in [9.17, 15) is 9.59 Å². The van der Waals surface area contributed by atoms with Crippen molar-refractivity contribution in [2.24, 2.45) is 5.92 Å². The SMILES string of the molecule is CC(=O)CC(=O)NC(C)C1CCOCC1. The minimum absolute atomic E-state index is 0.00639. The molecule has 1 aliphatic heterocycles. The molecule has 86 valence electrons. The first kappa shape index (κ1) is 12.2. The highest BCUT2D eigenvalue weighted by Gasteiger charge is 2.21. The van der Waals surface area contributed by atoms with Crippen molar-refractivity contribution in [3.8, 4) is 0 Å². The van der Waals surface area contributed by atoms with Crippen LogP contribution in [0.25, 0.3) is 0 Å². The lowest BCUT2D eigenvalue weighted by Crippen LogP contribution is -2.40. The Hall–Kier alpha value is -0.900. The van der Waals surface area contributed by atoms with Gasteiger partial charge in [-0.25, -0.2) is 0 Å². The van der Waals surface area contributed by atoms with Crippen molar-refractivity contribution in [1.82, 2.24) is 5.32 Å². The van der Waals surface area contributed by atoms with Gasteiger partial charge in [-0.1, -0.05) is 0 Å². The zero-order chi connectivity index (χ0) is 11.3. The van der Waals surface area contributed by atoms with Crippen LogP contribution in [-0.2, 0) is 14.3 Å². The highest BCUT2D eigenvalue weighted by Crippen LogP contribution is 2.18. The van der Waals surface area contributed by atoms with Crippen LogP contribution in [0.3, 0.4) is 0 Å². The standard InChI is InChI=1S/C11H19NO3/c1-8(13)7-11(14)12-9(2)10-3-5-15-6-4-10/h9-10H,3-7H2,1-2H3,(H,12,14). The van der Waals surface area contributed by atoms with E-state index in [0.717, 1.165) is 26.1 Å². The maximum Gasteiger partial charge on any atom is 0.227 e. The molecule has 0 spiro atoms. The van der Waals surface area contributed by atoms with Crippen molar-refractivity contribution >= 4 is 11.7 Å². The molecule has 0 aliphatic carbocycles. The molecular formula is C11H19NO3. The van der Waals surface area contributed by atoms with Crippen LogP contribution in [0, 0.1) is 5.92 Å². The third kappa shape index (κ3) is 4.42. The predicted octanol–water partition coefficient (Wildman–Crippen LogP) is 0.897. The van der Waals surface area contributed by atoms with Crippen LogP contribution in [-0.4, -0.2) is 30.9 Å². The average molecular weight is 213 g/mol. The summed E-state index contributed by atoms with van der Waals surface area (Å²) in [6.45, 7) is 4.97. The average Bonchev–Trinajstić information content (AvgIpc) is 2.17. The summed E-state index contributed by atoms with van der Waals surface area (Å²) in [5.41, 5.74) is 0. The van der Waals surface area contributed by atoms with Gasteiger partial charge in [-0.2, -0.15) is 0 Å². The van der Waals surface area contributed by atoms with Gasteiger partial charge >= 0.3 is 0 Å². The first-order valence-electron chi connectivity index (χ1n) is 5.46. The summed E-state index contributed by atoms with van der Waals surface area (Å²) in [4.78, 5) is 22.1. The molecule has 4 heteroatoms. The molecule has 1 rings (SSSR count). The lowest BCUT2D eigenvalue weighted by atomic mass is 9.93. The molecule has 0 saturated carbocycles. The first-order chi connectivity index (χ1) is 7.09. The molecule has 1 heterocycles. The third-order valence-electron chi connectivity index (χ3n) is 2.77. The number of hydrogen-bond donors (Lipinski definition) is 1. The van der Waals surface area contributed by atoms with E-state index in [1.54, 1.807) is 0 Å². The van der Waals surface area contributed by atoms with E-state index in [-0.39, 0.29) is 24.2 Å². The number of nitrogens with one attached hydrogen (secondary N) is 1. The van der Waals surface area contributed by atoms with Gasteiger partial charge in [0.25, 0.3) is 0 Å². The van der Waals surface area contributed by atoms with Crippen LogP contribution in [0.5, 0.6) is 0 Å². The number of ketones is 1. The number of carbonyl (C=O) groups excluding carboxylic acids is 2. The van der Waals surface area contributed by atoms with Crippen LogP contribution in [0.15, 0.2) is 0 Å². The summed E-state index contributed by atoms with van der Waals surface area (Å²) in [5, 5.41) is 2.87. The van der Waals surface area contributed by atoms with Gasteiger partial charge in [0.1, 0.15) is 5.78 Å². The van der Waals surface area contributed by atoms with Crippen molar-refractivity contribution in [3.63, 3.8) is 0 Å². The normalized spacial score (nSPS) is 19.6. The highest BCUT2D eigenvalue weighted by molar-refractivity contribution is 5.96.